The zero-order chi connectivity index (χ0) is 14.2. The van der Waals surface area contributed by atoms with Crippen molar-refractivity contribution in [2.75, 3.05) is 20.3 Å². The fraction of sp³-hybridized carbons (Fsp3) is 0.312. The predicted molar refractivity (Wildman–Crippen MR) is 79.1 cm³/mol. The normalized spacial score (nSPS) is 11.9. The van der Waals surface area contributed by atoms with E-state index in [1.807, 2.05) is 36.4 Å². The molecule has 0 bridgehead atoms. The Bertz CT molecular complexity index is 500. The average molecular weight is 272 g/mol. The molecule has 1 unspecified atom stereocenters. The Kier molecular flexibility index (Phi) is 5.38. The third-order valence-electron chi connectivity index (χ3n) is 3.09. The van der Waals surface area contributed by atoms with Crippen LogP contribution in [0.2, 0.25) is 0 Å². The van der Waals surface area contributed by atoms with Crippen molar-refractivity contribution in [2.45, 2.75) is 13.0 Å². The molecule has 2 rings (SSSR count). The van der Waals surface area contributed by atoms with Gasteiger partial charge >= 0.3 is 0 Å². The molecule has 0 aliphatic carbocycles. The van der Waals surface area contributed by atoms with Crippen LogP contribution in [0.1, 0.15) is 18.5 Å². The van der Waals surface area contributed by atoms with Gasteiger partial charge in [-0.3, -0.25) is 4.98 Å². The van der Waals surface area contributed by atoms with Crippen LogP contribution < -0.4 is 14.8 Å². The summed E-state index contributed by atoms with van der Waals surface area (Å²) >= 11 is 0. The Morgan fingerprint density at radius 2 is 1.70 bits per heavy atom. The summed E-state index contributed by atoms with van der Waals surface area (Å²) in [6, 6.07) is 11.9. The van der Waals surface area contributed by atoms with E-state index in [9.17, 15) is 0 Å². The number of rotatable bonds is 7. The molecular weight excluding hydrogens is 252 g/mol. The molecule has 20 heavy (non-hydrogen) atoms. The molecule has 1 heterocycles. The fourth-order valence-corrected chi connectivity index (χ4v) is 1.89. The molecule has 0 saturated carbocycles. The smallest absolute Gasteiger partial charge is 0.119 e. The number of pyridine rings is 1. The molecule has 0 radical (unpaired) electrons. The molecule has 0 fully saturated rings. The van der Waals surface area contributed by atoms with E-state index < -0.39 is 0 Å². The minimum atomic E-state index is 0.289. The quantitative estimate of drug-likeness (QED) is 0.787. The Morgan fingerprint density at radius 1 is 1.05 bits per heavy atom. The number of nitrogens with one attached hydrogen (secondary N) is 1. The monoisotopic (exact) mass is 272 g/mol. The van der Waals surface area contributed by atoms with Crippen molar-refractivity contribution >= 4 is 0 Å². The molecule has 0 amide bonds. The Balaban J connectivity index is 1.70. The summed E-state index contributed by atoms with van der Waals surface area (Å²) in [6.07, 6.45) is 3.61. The first-order valence-corrected chi connectivity index (χ1v) is 6.70. The summed E-state index contributed by atoms with van der Waals surface area (Å²) in [7, 11) is 1.65. The van der Waals surface area contributed by atoms with Gasteiger partial charge in [0.2, 0.25) is 0 Å². The van der Waals surface area contributed by atoms with Crippen LogP contribution in [0.25, 0.3) is 0 Å². The van der Waals surface area contributed by atoms with Crippen LogP contribution in [0.5, 0.6) is 11.5 Å². The van der Waals surface area contributed by atoms with Crippen LogP contribution in [0.3, 0.4) is 0 Å². The molecule has 1 aromatic heterocycles. The van der Waals surface area contributed by atoms with Crippen LogP contribution >= 0.6 is 0 Å². The van der Waals surface area contributed by atoms with Crippen LogP contribution in [-0.2, 0) is 0 Å². The van der Waals surface area contributed by atoms with Crippen LogP contribution in [0.15, 0.2) is 48.8 Å². The molecule has 0 saturated heterocycles. The number of aromatic nitrogens is 1. The highest BCUT2D eigenvalue weighted by Crippen LogP contribution is 2.16. The summed E-state index contributed by atoms with van der Waals surface area (Å²) in [5.41, 5.74) is 1.23. The van der Waals surface area contributed by atoms with Crippen molar-refractivity contribution in [3.05, 3.63) is 54.4 Å². The Hall–Kier alpha value is -2.07. The van der Waals surface area contributed by atoms with Crippen LogP contribution in [0.4, 0.5) is 0 Å². The van der Waals surface area contributed by atoms with Crippen LogP contribution in [0, 0.1) is 0 Å². The van der Waals surface area contributed by atoms with Gasteiger partial charge in [-0.15, -0.1) is 0 Å². The third-order valence-corrected chi connectivity index (χ3v) is 3.09. The van der Waals surface area contributed by atoms with Gasteiger partial charge in [-0.1, -0.05) is 0 Å². The van der Waals surface area contributed by atoms with E-state index in [4.69, 9.17) is 9.47 Å². The van der Waals surface area contributed by atoms with Crippen LogP contribution in [-0.4, -0.2) is 25.2 Å². The maximum Gasteiger partial charge on any atom is 0.119 e. The molecule has 0 aliphatic rings. The summed E-state index contributed by atoms with van der Waals surface area (Å²) in [5, 5.41) is 3.41. The van der Waals surface area contributed by atoms with E-state index in [1.165, 1.54) is 5.56 Å². The molecule has 1 N–H and O–H groups in total. The second-order valence-corrected chi connectivity index (χ2v) is 4.48. The average Bonchev–Trinajstić information content (AvgIpc) is 2.53. The second kappa shape index (κ2) is 7.50. The molecule has 1 aromatic carbocycles. The first-order chi connectivity index (χ1) is 9.79. The summed E-state index contributed by atoms with van der Waals surface area (Å²) in [6.45, 7) is 3.54. The Morgan fingerprint density at radius 3 is 2.35 bits per heavy atom. The highest BCUT2D eigenvalue weighted by Gasteiger charge is 2.03. The van der Waals surface area contributed by atoms with Crippen molar-refractivity contribution in [1.29, 1.82) is 0 Å². The molecular formula is C16H20N2O2. The SMILES string of the molecule is COc1ccc(OCCNC(C)c2ccncc2)cc1. The minimum absolute atomic E-state index is 0.289. The number of benzene rings is 1. The molecule has 4 nitrogen and oxygen atoms in total. The number of hydrogen-bond acceptors (Lipinski definition) is 4. The molecule has 0 spiro atoms. The van der Waals surface area contributed by atoms with Crippen molar-refractivity contribution in [3.63, 3.8) is 0 Å². The van der Waals surface area contributed by atoms with Gasteiger partial charge < -0.3 is 14.8 Å². The minimum Gasteiger partial charge on any atom is -0.497 e. The highest BCUT2D eigenvalue weighted by molar-refractivity contribution is 5.31. The summed E-state index contributed by atoms with van der Waals surface area (Å²) in [4.78, 5) is 4.02. The van der Waals surface area contributed by atoms with E-state index >= 15 is 0 Å². The van der Waals surface area contributed by atoms with Gasteiger partial charge in [0.15, 0.2) is 0 Å². The number of ether oxygens (including phenoxy) is 2. The summed E-state index contributed by atoms with van der Waals surface area (Å²) in [5.74, 6) is 1.69. The van der Waals surface area contributed by atoms with Crippen molar-refractivity contribution in [2.24, 2.45) is 0 Å². The zero-order valence-electron chi connectivity index (χ0n) is 11.9. The molecule has 1 atom stereocenters. The van der Waals surface area contributed by atoms with E-state index in [0.29, 0.717) is 6.61 Å². The van der Waals surface area contributed by atoms with Gasteiger partial charge in [0.05, 0.1) is 7.11 Å². The van der Waals surface area contributed by atoms with E-state index in [0.717, 1.165) is 18.0 Å². The van der Waals surface area contributed by atoms with E-state index in [-0.39, 0.29) is 6.04 Å². The van der Waals surface area contributed by atoms with E-state index in [2.05, 4.69) is 17.2 Å². The largest absolute Gasteiger partial charge is 0.497 e. The van der Waals surface area contributed by atoms with Gasteiger partial charge in [0.25, 0.3) is 0 Å². The standard InChI is InChI=1S/C16H20N2O2/c1-13(14-7-9-17-10-8-14)18-11-12-20-16-5-3-15(19-2)4-6-16/h3-10,13,18H,11-12H2,1-2H3. The first kappa shape index (κ1) is 14.3. The number of nitrogens with zero attached hydrogens (tertiary/aromatic N) is 1. The second-order valence-electron chi connectivity index (χ2n) is 4.48. The molecule has 106 valence electrons. The van der Waals surface area contributed by atoms with Crippen molar-refractivity contribution < 1.29 is 9.47 Å². The molecule has 2 aromatic rings. The Labute approximate surface area is 119 Å². The fourth-order valence-electron chi connectivity index (χ4n) is 1.89. The lowest BCUT2D eigenvalue weighted by Gasteiger charge is -2.14. The van der Waals surface area contributed by atoms with Gasteiger partial charge in [-0.25, -0.2) is 0 Å². The lowest BCUT2D eigenvalue weighted by atomic mass is 10.1. The van der Waals surface area contributed by atoms with Crippen molar-refractivity contribution in [3.8, 4) is 11.5 Å². The molecule has 0 aliphatic heterocycles. The lowest BCUT2D eigenvalue weighted by Crippen LogP contribution is -2.24. The van der Waals surface area contributed by atoms with Gasteiger partial charge in [0.1, 0.15) is 18.1 Å². The number of methoxy groups -OCH3 is 1. The van der Waals surface area contributed by atoms with Gasteiger partial charge in [0, 0.05) is 25.0 Å². The van der Waals surface area contributed by atoms with Gasteiger partial charge in [-0.05, 0) is 48.9 Å². The van der Waals surface area contributed by atoms with Crippen molar-refractivity contribution in [1.82, 2.24) is 10.3 Å². The zero-order valence-corrected chi connectivity index (χ0v) is 11.9. The van der Waals surface area contributed by atoms with E-state index in [1.54, 1.807) is 19.5 Å². The molecule has 4 heteroatoms. The number of hydrogen-bond donors (Lipinski definition) is 1. The summed E-state index contributed by atoms with van der Waals surface area (Å²) < 4.78 is 10.8. The first-order valence-electron chi connectivity index (χ1n) is 6.70. The maximum absolute atomic E-state index is 5.66. The maximum atomic E-state index is 5.66. The third kappa shape index (κ3) is 4.24. The topological polar surface area (TPSA) is 43.4 Å². The predicted octanol–water partition coefficient (Wildman–Crippen LogP) is 2.82. The van der Waals surface area contributed by atoms with Gasteiger partial charge in [-0.2, -0.15) is 0 Å². The highest BCUT2D eigenvalue weighted by atomic mass is 16.5. The lowest BCUT2D eigenvalue weighted by molar-refractivity contribution is 0.307.